The van der Waals surface area contributed by atoms with E-state index in [1.807, 2.05) is 55.5 Å². The predicted molar refractivity (Wildman–Crippen MR) is 126 cm³/mol. The summed E-state index contributed by atoms with van der Waals surface area (Å²) in [6.07, 6.45) is 0.801. The van der Waals surface area contributed by atoms with Gasteiger partial charge in [0.2, 0.25) is 0 Å². The zero-order valence-electron chi connectivity index (χ0n) is 18.1. The van der Waals surface area contributed by atoms with Gasteiger partial charge in [0.05, 0.1) is 13.0 Å². The van der Waals surface area contributed by atoms with E-state index in [9.17, 15) is 9.35 Å². The molecule has 0 aliphatic rings. The van der Waals surface area contributed by atoms with Crippen LogP contribution in [-0.4, -0.2) is 22.8 Å². The van der Waals surface area contributed by atoms with Gasteiger partial charge in [-0.15, -0.1) is 0 Å². The number of esters is 1. The van der Waals surface area contributed by atoms with Crippen LogP contribution in [0.5, 0.6) is 0 Å². The van der Waals surface area contributed by atoms with E-state index < -0.39 is 11.4 Å². The Morgan fingerprint density at radius 2 is 1.65 bits per heavy atom. The summed E-state index contributed by atoms with van der Waals surface area (Å²) in [4.78, 5) is 12.7. The Kier molecular flexibility index (Phi) is 8.04. The molecule has 0 fully saturated rings. The number of hydrogen-bond donors (Lipinski definition) is 0. The second kappa shape index (κ2) is 10.9. The van der Waals surface area contributed by atoms with Crippen molar-refractivity contribution < 1.29 is 14.1 Å². The highest BCUT2D eigenvalue weighted by atomic mass is 32.2. The van der Waals surface area contributed by atoms with Crippen molar-refractivity contribution in [2.24, 2.45) is 4.40 Å². The van der Waals surface area contributed by atoms with Crippen LogP contribution in [0.2, 0.25) is 0 Å². The lowest BCUT2D eigenvalue weighted by Crippen LogP contribution is -2.14. The summed E-state index contributed by atoms with van der Waals surface area (Å²) in [6.45, 7) is 6.14. The van der Waals surface area contributed by atoms with Gasteiger partial charge in [-0.1, -0.05) is 70.6 Å². The van der Waals surface area contributed by atoms with Crippen LogP contribution in [0.15, 0.2) is 82.1 Å². The van der Waals surface area contributed by atoms with Crippen molar-refractivity contribution in [3.8, 4) is 0 Å². The second-order valence-corrected chi connectivity index (χ2v) is 8.53. The van der Waals surface area contributed by atoms with Crippen LogP contribution in [0.4, 0.5) is 0 Å². The lowest BCUT2D eigenvalue weighted by atomic mass is 9.98. The first-order valence-electron chi connectivity index (χ1n) is 10.3. The Hall–Kier alpha value is -2.89. The van der Waals surface area contributed by atoms with Crippen molar-refractivity contribution >= 4 is 23.0 Å². The number of carbonyl (C=O) groups excluding carboxylic acids is 1. The molecule has 0 heterocycles. The molecule has 3 aromatic carbocycles. The van der Waals surface area contributed by atoms with Gasteiger partial charge in [0.25, 0.3) is 0 Å². The molecule has 0 aromatic heterocycles. The van der Waals surface area contributed by atoms with E-state index in [-0.39, 0.29) is 12.4 Å². The van der Waals surface area contributed by atoms with E-state index in [4.69, 9.17) is 4.74 Å². The Morgan fingerprint density at radius 1 is 0.968 bits per heavy atom. The topological polar surface area (TPSA) is 61.7 Å². The van der Waals surface area contributed by atoms with Crippen LogP contribution in [0.3, 0.4) is 0 Å². The molecular weight excluding hydrogens is 406 g/mol. The zero-order valence-corrected chi connectivity index (χ0v) is 18.9. The molecular formula is C26H27NO3S. The van der Waals surface area contributed by atoms with Crippen molar-refractivity contribution in [2.45, 2.75) is 38.5 Å². The first-order chi connectivity index (χ1) is 15.0. The Labute approximate surface area is 187 Å². The molecule has 0 saturated carbocycles. The number of benzene rings is 3. The van der Waals surface area contributed by atoms with Gasteiger partial charge in [0.1, 0.15) is 17.1 Å². The van der Waals surface area contributed by atoms with Crippen molar-refractivity contribution in [2.75, 3.05) is 6.61 Å². The summed E-state index contributed by atoms with van der Waals surface area (Å²) < 4.78 is 22.3. The standard InChI is InChI=1S/C26H27NO3S/c1-4-30-26(28)18-25(27-31(29)24-15-9-19(2)10-16-24)22-13-11-21(12-14-22)17-23-8-6-5-7-20(23)3/h5-16H,4,17-18H2,1-3H3/b27-25+. The quantitative estimate of drug-likeness (QED) is 0.273. The van der Waals surface area contributed by atoms with Gasteiger partial charge in [-0.2, -0.15) is 0 Å². The highest BCUT2D eigenvalue weighted by Gasteiger charge is 2.18. The molecule has 4 nitrogen and oxygen atoms in total. The fraction of sp³-hybridized carbons (Fsp3) is 0.231. The van der Waals surface area contributed by atoms with Crippen LogP contribution < -0.4 is 0 Å². The summed E-state index contributed by atoms with van der Waals surface area (Å²) in [5.41, 5.74) is 6.00. The Bertz CT molecular complexity index is 1040. The fourth-order valence-electron chi connectivity index (χ4n) is 3.19. The van der Waals surface area contributed by atoms with Gasteiger partial charge in [-0.3, -0.25) is 4.79 Å². The van der Waals surface area contributed by atoms with Gasteiger partial charge in [0.15, 0.2) is 4.90 Å². The van der Waals surface area contributed by atoms with Gasteiger partial charge in [-0.25, -0.2) is 0 Å². The average Bonchev–Trinajstić information content (AvgIpc) is 2.76. The van der Waals surface area contributed by atoms with E-state index in [1.165, 1.54) is 11.1 Å². The number of rotatable bonds is 8. The smallest absolute Gasteiger partial charge is 0.312 e. The lowest BCUT2D eigenvalue weighted by molar-refractivity contribution is -0.141. The van der Waals surface area contributed by atoms with E-state index in [2.05, 4.69) is 23.5 Å². The largest absolute Gasteiger partial charge is 0.586 e. The van der Waals surface area contributed by atoms with Crippen LogP contribution in [0, 0.1) is 13.8 Å². The summed E-state index contributed by atoms with van der Waals surface area (Å²) in [5.74, 6) is -0.383. The minimum absolute atomic E-state index is 0.0252. The number of hydrogen-bond acceptors (Lipinski definition) is 4. The molecule has 0 aliphatic carbocycles. The van der Waals surface area contributed by atoms with Gasteiger partial charge in [0, 0.05) is 5.56 Å². The van der Waals surface area contributed by atoms with Crippen LogP contribution in [-0.2, 0) is 27.3 Å². The van der Waals surface area contributed by atoms with Gasteiger partial charge >= 0.3 is 5.97 Å². The molecule has 31 heavy (non-hydrogen) atoms. The molecule has 0 aliphatic heterocycles. The third kappa shape index (κ3) is 6.54. The fourth-order valence-corrected chi connectivity index (χ4v) is 4.03. The molecule has 5 heteroatoms. The highest BCUT2D eigenvalue weighted by Crippen LogP contribution is 2.19. The summed E-state index contributed by atoms with van der Waals surface area (Å²) in [7, 11) is 0. The van der Waals surface area contributed by atoms with E-state index >= 15 is 0 Å². The first kappa shape index (κ1) is 22.8. The summed E-state index contributed by atoms with van der Waals surface area (Å²) >= 11 is -1.60. The summed E-state index contributed by atoms with van der Waals surface area (Å²) in [6, 6.07) is 23.6. The molecule has 0 saturated heterocycles. The Morgan fingerprint density at radius 3 is 2.29 bits per heavy atom. The highest BCUT2D eigenvalue weighted by molar-refractivity contribution is 7.90. The molecule has 1 atom stereocenters. The molecule has 160 valence electrons. The number of aryl methyl sites for hydroxylation is 2. The Balaban J connectivity index is 1.85. The monoisotopic (exact) mass is 433 g/mol. The van der Waals surface area contributed by atoms with Crippen LogP contribution in [0.25, 0.3) is 0 Å². The maximum absolute atomic E-state index is 12.8. The molecule has 0 radical (unpaired) electrons. The third-order valence-corrected chi connectivity index (χ3v) is 6.04. The van der Waals surface area contributed by atoms with Crippen molar-refractivity contribution in [1.82, 2.24) is 0 Å². The molecule has 1 unspecified atom stereocenters. The number of nitrogens with zero attached hydrogens (tertiary/aromatic N) is 1. The van der Waals surface area contributed by atoms with E-state index in [1.54, 1.807) is 19.1 Å². The number of carbonyl (C=O) groups is 1. The molecule has 0 N–H and O–H groups in total. The normalized spacial score (nSPS) is 12.5. The SMILES string of the molecule is CCOC(=O)C/C(=N\[S+]([O-])c1ccc(C)cc1)c1ccc(Cc2ccccc2C)cc1. The third-order valence-electron chi connectivity index (χ3n) is 4.98. The maximum Gasteiger partial charge on any atom is 0.312 e. The lowest BCUT2D eigenvalue weighted by Gasteiger charge is -2.10. The zero-order chi connectivity index (χ0) is 22.2. The van der Waals surface area contributed by atoms with Crippen LogP contribution >= 0.6 is 0 Å². The second-order valence-electron chi connectivity index (χ2n) is 7.38. The first-order valence-corrected chi connectivity index (χ1v) is 11.4. The minimum atomic E-state index is -1.60. The molecule has 0 amide bonds. The predicted octanol–water partition coefficient (Wildman–Crippen LogP) is 5.36. The van der Waals surface area contributed by atoms with Crippen molar-refractivity contribution in [1.29, 1.82) is 0 Å². The average molecular weight is 434 g/mol. The van der Waals surface area contributed by atoms with Crippen LogP contribution in [0.1, 0.15) is 41.2 Å². The van der Waals surface area contributed by atoms with Crippen molar-refractivity contribution in [3.05, 3.63) is 101 Å². The van der Waals surface area contributed by atoms with E-state index in [0.717, 1.165) is 23.1 Å². The number of ether oxygens (including phenoxy) is 1. The molecule has 0 spiro atoms. The molecule has 3 rings (SSSR count). The van der Waals surface area contributed by atoms with Gasteiger partial charge < -0.3 is 9.29 Å². The van der Waals surface area contributed by atoms with Gasteiger partial charge in [-0.05, 0) is 56.0 Å². The van der Waals surface area contributed by atoms with Crippen molar-refractivity contribution in [3.63, 3.8) is 0 Å². The maximum atomic E-state index is 12.8. The molecule has 3 aromatic rings. The summed E-state index contributed by atoms with van der Waals surface area (Å²) in [5, 5.41) is 0. The minimum Gasteiger partial charge on any atom is -0.586 e. The molecule has 0 bridgehead atoms. The van der Waals surface area contributed by atoms with E-state index in [0.29, 0.717) is 17.2 Å².